The third kappa shape index (κ3) is 5.90. The molecule has 0 spiro atoms. The average molecular weight is 546 g/mol. The van der Waals surface area contributed by atoms with Gasteiger partial charge in [-0.05, 0) is 50.6 Å². The predicted octanol–water partition coefficient (Wildman–Crippen LogP) is 5.21. The molecule has 2 aromatic heterocycles. The van der Waals surface area contributed by atoms with Gasteiger partial charge >= 0.3 is 6.18 Å². The van der Waals surface area contributed by atoms with Crippen LogP contribution in [0.2, 0.25) is 5.02 Å². The Balaban J connectivity index is 1.70. The van der Waals surface area contributed by atoms with Crippen molar-refractivity contribution in [3.63, 3.8) is 0 Å². The van der Waals surface area contributed by atoms with E-state index in [1.807, 2.05) is 26.0 Å². The summed E-state index contributed by atoms with van der Waals surface area (Å²) in [6.07, 6.45) is -5.05. The third-order valence-corrected chi connectivity index (χ3v) is 6.04. The van der Waals surface area contributed by atoms with Gasteiger partial charge < -0.3 is 10.1 Å². The number of carbonyl (C=O) groups is 1. The molecule has 0 unspecified atom stereocenters. The number of nitrogens with zero attached hydrogens (tertiary/aromatic N) is 4. The highest BCUT2D eigenvalue weighted by Crippen LogP contribution is 2.33. The summed E-state index contributed by atoms with van der Waals surface area (Å²) in [5, 5.41) is 7.01. The van der Waals surface area contributed by atoms with Crippen molar-refractivity contribution in [1.82, 2.24) is 25.1 Å². The van der Waals surface area contributed by atoms with Gasteiger partial charge in [0, 0.05) is 22.1 Å². The number of aryl methyl sites for hydroxylation is 2. The smallest absolute Gasteiger partial charge is 0.397 e. The maximum atomic E-state index is 14.3. The Bertz CT molecular complexity index is 1520. The lowest BCUT2D eigenvalue weighted by molar-refractivity contribution is -0.154. The molecule has 1 N–H and O–H groups in total. The Morgan fingerprint density at radius 1 is 1.21 bits per heavy atom. The van der Waals surface area contributed by atoms with Crippen LogP contribution in [0.3, 0.4) is 0 Å². The molecule has 0 aliphatic heterocycles. The first-order valence-corrected chi connectivity index (χ1v) is 11.7. The van der Waals surface area contributed by atoms with Crippen molar-refractivity contribution >= 4 is 36.3 Å². The monoisotopic (exact) mass is 545 g/mol. The van der Waals surface area contributed by atoms with E-state index in [2.05, 4.69) is 20.4 Å². The van der Waals surface area contributed by atoms with Crippen molar-refractivity contribution in [2.24, 2.45) is 0 Å². The molecule has 1 amide bonds. The van der Waals surface area contributed by atoms with Crippen LogP contribution >= 0.6 is 11.6 Å². The second kappa shape index (κ2) is 10.2. The molecule has 0 bridgehead atoms. The van der Waals surface area contributed by atoms with Crippen LogP contribution in [0.1, 0.15) is 36.0 Å². The highest BCUT2D eigenvalue weighted by molar-refractivity contribution is 6.31. The summed E-state index contributed by atoms with van der Waals surface area (Å²) < 4.78 is 60.0. The molecule has 2 radical (unpaired) electrons. The van der Waals surface area contributed by atoms with E-state index in [1.165, 1.54) is 13.3 Å². The van der Waals surface area contributed by atoms with E-state index in [1.54, 1.807) is 16.8 Å². The molecular weight excluding hydrogens is 525 g/mol. The zero-order valence-corrected chi connectivity index (χ0v) is 21.3. The van der Waals surface area contributed by atoms with Crippen LogP contribution in [0.15, 0.2) is 42.7 Å². The molecule has 4 aromatic rings. The summed E-state index contributed by atoms with van der Waals surface area (Å²) in [5.74, 6) is -1.14. The first-order valence-electron chi connectivity index (χ1n) is 11.3. The van der Waals surface area contributed by atoms with Gasteiger partial charge in [-0.1, -0.05) is 23.7 Å². The molecule has 0 aliphatic carbocycles. The fraction of sp³-hybridized carbons (Fsp3) is 0.280. The topological polar surface area (TPSA) is 81.9 Å². The van der Waals surface area contributed by atoms with E-state index >= 15 is 0 Å². The number of aromatic nitrogens is 4. The standard InChI is InChI=1S/C25H21BClF4N5O2/c1-13-7-20(36-14(2)32-12-33-36)16-5-4-6-21(23(16)34-13)38-11-17-18(8-15(28)9-19(17)27)24(3,26)35-22(37)10-25(29,30)31/h4-9,12H,10-11H2,1-3H3,(H,35,37)/t24-/m0/s1. The van der Waals surface area contributed by atoms with Gasteiger partial charge in [0.1, 0.15) is 50.1 Å². The highest BCUT2D eigenvalue weighted by atomic mass is 35.5. The Morgan fingerprint density at radius 3 is 2.61 bits per heavy atom. The van der Waals surface area contributed by atoms with Crippen LogP contribution in [0.4, 0.5) is 17.6 Å². The molecule has 1 atom stereocenters. The number of ether oxygens (including phenoxy) is 1. The van der Waals surface area contributed by atoms with E-state index in [4.69, 9.17) is 24.2 Å². The Kier molecular flexibility index (Phi) is 7.38. The van der Waals surface area contributed by atoms with Gasteiger partial charge in [-0.25, -0.2) is 19.0 Å². The van der Waals surface area contributed by atoms with E-state index in [0.717, 1.165) is 23.2 Å². The van der Waals surface area contributed by atoms with Crippen molar-refractivity contribution in [1.29, 1.82) is 0 Å². The van der Waals surface area contributed by atoms with Gasteiger partial charge in [0.05, 0.1) is 10.7 Å². The maximum absolute atomic E-state index is 14.3. The highest BCUT2D eigenvalue weighted by Gasteiger charge is 2.35. The van der Waals surface area contributed by atoms with Gasteiger partial charge in [-0.3, -0.25) is 4.79 Å². The normalized spacial score (nSPS) is 13.4. The summed E-state index contributed by atoms with van der Waals surface area (Å²) in [6.45, 7) is 4.61. The lowest BCUT2D eigenvalue weighted by Crippen LogP contribution is -2.46. The first-order chi connectivity index (χ1) is 17.7. The number of pyridine rings is 1. The Labute approximate surface area is 221 Å². The molecule has 196 valence electrons. The number of nitrogens with one attached hydrogen (secondary N) is 1. The number of hydrogen-bond donors (Lipinski definition) is 1. The summed E-state index contributed by atoms with van der Waals surface area (Å²) in [4.78, 5) is 20.7. The minimum Gasteiger partial charge on any atom is -0.487 e. The quantitative estimate of drug-likeness (QED) is 0.255. The molecular formula is C25H21BClF4N5O2. The molecule has 0 saturated carbocycles. The van der Waals surface area contributed by atoms with Crippen LogP contribution in [0, 0.1) is 19.7 Å². The second-order valence-corrected chi connectivity index (χ2v) is 9.31. The molecule has 38 heavy (non-hydrogen) atoms. The lowest BCUT2D eigenvalue weighted by Gasteiger charge is -2.31. The zero-order valence-electron chi connectivity index (χ0n) is 20.5. The zero-order chi connectivity index (χ0) is 27.8. The molecule has 4 rings (SSSR count). The second-order valence-electron chi connectivity index (χ2n) is 8.90. The number of alkyl halides is 3. The fourth-order valence-electron chi connectivity index (χ4n) is 4.10. The van der Waals surface area contributed by atoms with Gasteiger partial charge in [0.15, 0.2) is 0 Å². The minimum atomic E-state index is -4.74. The first kappa shape index (κ1) is 27.4. The van der Waals surface area contributed by atoms with Crippen molar-refractivity contribution in [2.75, 3.05) is 0 Å². The van der Waals surface area contributed by atoms with Crippen LogP contribution in [-0.4, -0.2) is 39.7 Å². The van der Waals surface area contributed by atoms with E-state index in [9.17, 15) is 22.4 Å². The number of hydrogen-bond acceptors (Lipinski definition) is 5. The molecule has 0 saturated heterocycles. The number of benzene rings is 2. The van der Waals surface area contributed by atoms with Crippen molar-refractivity contribution in [3.8, 4) is 11.4 Å². The number of amides is 1. The van der Waals surface area contributed by atoms with E-state index in [0.29, 0.717) is 22.8 Å². The van der Waals surface area contributed by atoms with Gasteiger partial charge in [-0.2, -0.15) is 18.3 Å². The molecule has 2 aromatic carbocycles. The third-order valence-electron chi connectivity index (χ3n) is 5.71. The number of rotatable bonds is 7. The van der Waals surface area contributed by atoms with Crippen LogP contribution in [0.5, 0.6) is 5.75 Å². The Morgan fingerprint density at radius 2 is 1.95 bits per heavy atom. The number of para-hydroxylation sites is 1. The molecule has 0 aliphatic rings. The van der Waals surface area contributed by atoms with Crippen molar-refractivity contribution < 1.29 is 27.1 Å². The van der Waals surface area contributed by atoms with Crippen molar-refractivity contribution in [2.45, 2.75) is 45.4 Å². The van der Waals surface area contributed by atoms with E-state index in [-0.39, 0.29) is 22.8 Å². The minimum absolute atomic E-state index is 0.0404. The van der Waals surface area contributed by atoms with E-state index < -0.39 is 29.8 Å². The van der Waals surface area contributed by atoms with Gasteiger partial charge in [0.25, 0.3) is 0 Å². The summed E-state index contributed by atoms with van der Waals surface area (Å²) in [5.41, 5.74) is 0.170. The SMILES string of the molecule is [B][C@@](C)(NC(=O)CC(F)(F)F)c1cc(F)cc(Cl)c1COc1cccc2c(-n3ncnc3C)cc(C)nc12. The van der Waals surface area contributed by atoms with Crippen LogP contribution in [0.25, 0.3) is 16.6 Å². The maximum Gasteiger partial charge on any atom is 0.397 e. The fourth-order valence-corrected chi connectivity index (χ4v) is 4.36. The van der Waals surface area contributed by atoms with Crippen LogP contribution < -0.4 is 10.1 Å². The number of halogens is 5. The largest absolute Gasteiger partial charge is 0.487 e. The van der Waals surface area contributed by atoms with Crippen molar-refractivity contribution in [3.05, 3.63) is 76.2 Å². The molecule has 2 heterocycles. The molecule has 7 nitrogen and oxygen atoms in total. The molecule has 0 fully saturated rings. The predicted molar refractivity (Wildman–Crippen MR) is 134 cm³/mol. The number of carbonyl (C=O) groups excluding carboxylic acids is 1. The lowest BCUT2D eigenvalue weighted by atomic mass is 9.72. The summed E-state index contributed by atoms with van der Waals surface area (Å²) in [7, 11) is 6.16. The van der Waals surface area contributed by atoms with Gasteiger partial charge in [-0.15, -0.1) is 0 Å². The summed E-state index contributed by atoms with van der Waals surface area (Å²) in [6, 6.07) is 9.14. The Hall–Kier alpha value is -3.67. The van der Waals surface area contributed by atoms with Crippen LogP contribution in [-0.2, 0) is 16.8 Å². The number of fused-ring (bicyclic) bond motifs is 1. The average Bonchev–Trinajstić information content (AvgIpc) is 3.21. The summed E-state index contributed by atoms with van der Waals surface area (Å²) >= 11 is 6.30. The van der Waals surface area contributed by atoms with Gasteiger partial charge in [0.2, 0.25) is 5.91 Å². The molecule has 13 heteroatoms.